The summed E-state index contributed by atoms with van der Waals surface area (Å²) in [6.07, 6.45) is 2.79. The van der Waals surface area contributed by atoms with Crippen molar-refractivity contribution in [1.82, 2.24) is 4.57 Å². The van der Waals surface area contributed by atoms with Crippen molar-refractivity contribution in [2.75, 3.05) is 0 Å². The van der Waals surface area contributed by atoms with Gasteiger partial charge in [-0.05, 0) is 30.5 Å². The summed E-state index contributed by atoms with van der Waals surface area (Å²) in [6, 6.07) is 11.5. The normalized spacial score (nSPS) is 12.4. The van der Waals surface area contributed by atoms with Crippen LogP contribution in [0.25, 0.3) is 0 Å². The highest BCUT2D eigenvalue weighted by molar-refractivity contribution is 5.32. The minimum absolute atomic E-state index is 0.00271. The number of nitrogens with two attached hydrogens (primary N) is 1. The van der Waals surface area contributed by atoms with Gasteiger partial charge in [0.1, 0.15) is 0 Å². The van der Waals surface area contributed by atoms with E-state index in [4.69, 9.17) is 5.73 Å². The fourth-order valence-electron chi connectivity index (χ4n) is 2.18. The molecule has 3 nitrogen and oxygen atoms in total. The quantitative estimate of drug-likeness (QED) is 0.913. The Morgan fingerprint density at radius 2 is 1.84 bits per heavy atom. The Kier molecular flexibility index (Phi) is 4.17. The molecule has 1 aromatic heterocycles. The van der Waals surface area contributed by atoms with Gasteiger partial charge in [0, 0.05) is 18.3 Å². The maximum Gasteiger partial charge on any atom is 0.255 e. The SMILES string of the molecule is CCc1ccc(C(N)c2cccn(CC)c2=O)cc1. The van der Waals surface area contributed by atoms with Crippen LogP contribution < -0.4 is 11.3 Å². The van der Waals surface area contributed by atoms with Gasteiger partial charge in [0.15, 0.2) is 0 Å². The Labute approximate surface area is 113 Å². The first-order valence-corrected chi connectivity index (χ1v) is 6.71. The zero-order chi connectivity index (χ0) is 13.8. The smallest absolute Gasteiger partial charge is 0.255 e. The topological polar surface area (TPSA) is 48.0 Å². The lowest BCUT2D eigenvalue weighted by molar-refractivity contribution is 0.701. The van der Waals surface area contributed by atoms with Gasteiger partial charge in [-0.25, -0.2) is 0 Å². The van der Waals surface area contributed by atoms with E-state index < -0.39 is 0 Å². The van der Waals surface area contributed by atoms with Crippen LogP contribution in [0.5, 0.6) is 0 Å². The first-order chi connectivity index (χ1) is 9.17. The second-order valence-corrected chi connectivity index (χ2v) is 4.63. The van der Waals surface area contributed by atoms with E-state index in [-0.39, 0.29) is 11.6 Å². The number of benzene rings is 1. The lowest BCUT2D eigenvalue weighted by atomic mass is 9.99. The average molecular weight is 256 g/mol. The maximum atomic E-state index is 12.2. The van der Waals surface area contributed by atoms with Crippen LogP contribution in [0.2, 0.25) is 0 Å². The summed E-state index contributed by atoms with van der Waals surface area (Å²) >= 11 is 0. The molecule has 0 fully saturated rings. The van der Waals surface area contributed by atoms with Gasteiger partial charge in [0.2, 0.25) is 0 Å². The van der Waals surface area contributed by atoms with Crippen LogP contribution in [0.15, 0.2) is 47.4 Å². The predicted molar refractivity (Wildman–Crippen MR) is 78.2 cm³/mol. The van der Waals surface area contributed by atoms with E-state index in [1.54, 1.807) is 10.8 Å². The Bertz CT molecular complexity index is 599. The fraction of sp³-hybridized carbons (Fsp3) is 0.312. The van der Waals surface area contributed by atoms with Crippen molar-refractivity contribution >= 4 is 0 Å². The molecule has 0 saturated heterocycles. The molecule has 100 valence electrons. The number of pyridine rings is 1. The molecule has 1 aromatic carbocycles. The number of rotatable bonds is 4. The van der Waals surface area contributed by atoms with Gasteiger partial charge in [0.25, 0.3) is 5.56 Å². The predicted octanol–water partition coefficient (Wildman–Crippen LogP) is 2.48. The molecule has 0 saturated carbocycles. The van der Waals surface area contributed by atoms with Gasteiger partial charge in [-0.15, -0.1) is 0 Å². The molecular formula is C16H20N2O. The lowest BCUT2D eigenvalue weighted by Gasteiger charge is -2.14. The molecule has 2 aromatic rings. The fourth-order valence-corrected chi connectivity index (χ4v) is 2.18. The van der Waals surface area contributed by atoms with Crippen LogP contribution in [0, 0.1) is 0 Å². The van der Waals surface area contributed by atoms with Crippen molar-refractivity contribution < 1.29 is 0 Å². The van der Waals surface area contributed by atoms with Crippen molar-refractivity contribution in [3.63, 3.8) is 0 Å². The van der Waals surface area contributed by atoms with E-state index in [9.17, 15) is 4.79 Å². The molecule has 0 spiro atoms. The molecule has 1 unspecified atom stereocenters. The van der Waals surface area contributed by atoms with E-state index in [2.05, 4.69) is 19.1 Å². The van der Waals surface area contributed by atoms with Crippen molar-refractivity contribution in [3.05, 3.63) is 69.6 Å². The van der Waals surface area contributed by atoms with Crippen molar-refractivity contribution in [1.29, 1.82) is 0 Å². The van der Waals surface area contributed by atoms with Gasteiger partial charge in [-0.2, -0.15) is 0 Å². The third-order valence-electron chi connectivity index (χ3n) is 3.47. The third kappa shape index (κ3) is 2.76. The summed E-state index contributed by atoms with van der Waals surface area (Å²) in [5.41, 5.74) is 9.11. The van der Waals surface area contributed by atoms with E-state index in [0.717, 1.165) is 12.0 Å². The largest absolute Gasteiger partial charge is 0.320 e. The highest BCUT2D eigenvalue weighted by Gasteiger charge is 2.13. The summed E-state index contributed by atoms with van der Waals surface area (Å²) in [4.78, 5) is 12.2. The van der Waals surface area contributed by atoms with Crippen LogP contribution in [0.1, 0.15) is 36.6 Å². The zero-order valence-corrected chi connectivity index (χ0v) is 11.5. The summed E-state index contributed by atoms with van der Waals surface area (Å²) in [5, 5.41) is 0. The molecule has 0 aliphatic rings. The van der Waals surface area contributed by atoms with Crippen LogP contribution in [0.4, 0.5) is 0 Å². The van der Waals surface area contributed by atoms with Gasteiger partial charge in [-0.1, -0.05) is 37.3 Å². The Morgan fingerprint density at radius 1 is 1.16 bits per heavy atom. The number of aryl methyl sites for hydroxylation is 2. The van der Waals surface area contributed by atoms with Crippen LogP contribution >= 0.6 is 0 Å². The summed E-state index contributed by atoms with van der Waals surface area (Å²) in [7, 11) is 0. The third-order valence-corrected chi connectivity index (χ3v) is 3.47. The van der Waals surface area contributed by atoms with Crippen molar-refractivity contribution in [2.24, 2.45) is 5.73 Å². The Balaban J connectivity index is 2.38. The van der Waals surface area contributed by atoms with E-state index in [0.29, 0.717) is 12.1 Å². The minimum Gasteiger partial charge on any atom is -0.320 e. The lowest BCUT2D eigenvalue weighted by Crippen LogP contribution is -2.27. The first kappa shape index (κ1) is 13.6. The number of aromatic nitrogens is 1. The molecule has 0 aliphatic carbocycles. The molecule has 19 heavy (non-hydrogen) atoms. The van der Waals surface area contributed by atoms with Gasteiger partial charge in [0.05, 0.1) is 6.04 Å². The number of hydrogen-bond acceptors (Lipinski definition) is 2. The molecule has 2 rings (SSSR count). The first-order valence-electron chi connectivity index (χ1n) is 6.71. The molecule has 1 heterocycles. The highest BCUT2D eigenvalue weighted by atomic mass is 16.1. The molecule has 3 heteroatoms. The molecule has 1 atom stereocenters. The van der Waals surface area contributed by atoms with E-state index >= 15 is 0 Å². The van der Waals surface area contributed by atoms with Gasteiger partial charge >= 0.3 is 0 Å². The molecule has 0 amide bonds. The van der Waals surface area contributed by atoms with Gasteiger partial charge in [-0.3, -0.25) is 4.79 Å². The monoisotopic (exact) mass is 256 g/mol. The van der Waals surface area contributed by atoms with Gasteiger partial charge < -0.3 is 10.3 Å². The molecule has 0 radical (unpaired) electrons. The summed E-state index contributed by atoms with van der Waals surface area (Å²) in [5.74, 6) is 0. The molecular weight excluding hydrogens is 236 g/mol. The van der Waals surface area contributed by atoms with Crippen molar-refractivity contribution in [3.8, 4) is 0 Å². The Hall–Kier alpha value is -1.87. The van der Waals surface area contributed by atoms with Crippen LogP contribution in [-0.4, -0.2) is 4.57 Å². The van der Waals surface area contributed by atoms with Crippen molar-refractivity contribution in [2.45, 2.75) is 32.9 Å². The average Bonchev–Trinajstić information content (AvgIpc) is 2.47. The number of hydrogen-bond donors (Lipinski definition) is 1. The zero-order valence-electron chi connectivity index (χ0n) is 11.5. The number of nitrogens with zero attached hydrogens (tertiary/aromatic N) is 1. The molecule has 0 bridgehead atoms. The summed E-state index contributed by atoms with van der Waals surface area (Å²) in [6.45, 7) is 4.73. The minimum atomic E-state index is -0.364. The highest BCUT2D eigenvalue weighted by Crippen LogP contribution is 2.17. The van der Waals surface area contributed by atoms with E-state index in [1.165, 1.54) is 5.56 Å². The van der Waals surface area contributed by atoms with Crippen LogP contribution in [-0.2, 0) is 13.0 Å². The molecule has 2 N–H and O–H groups in total. The second-order valence-electron chi connectivity index (χ2n) is 4.63. The van der Waals surface area contributed by atoms with E-state index in [1.807, 2.05) is 31.2 Å². The maximum absolute atomic E-state index is 12.2. The summed E-state index contributed by atoms with van der Waals surface area (Å²) < 4.78 is 1.68. The second kappa shape index (κ2) is 5.85. The Morgan fingerprint density at radius 3 is 2.42 bits per heavy atom. The van der Waals surface area contributed by atoms with Crippen LogP contribution in [0.3, 0.4) is 0 Å². The standard InChI is InChI=1S/C16H20N2O/c1-3-12-7-9-13(10-8-12)15(17)14-6-5-11-18(4-2)16(14)19/h5-11,15H,3-4,17H2,1-2H3. The molecule has 0 aliphatic heterocycles.